The van der Waals surface area contributed by atoms with E-state index in [0.29, 0.717) is 23.0 Å². The predicted octanol–water partition coefficient (Wildman–Crippen LogP) is 3.10. The van der Waals surface area contributed by atoms with Gasteiger partial charge in [0.15, 0.2) is 0 Å². The first-order valence-corrected chi connectivity index (χ1v) is 7.72. The van der Waals surface area contributed by atoms with Gasteiger partial charge in [-0.15, -0.1) is 0 Å². The summed E-state index contributed by atoms with van der Waals surface area (Å²) in [4.78, 5) is 25.8. The van der Waals surface area contributed by atoms with E-state index in [2.05, 4.69) is 15.9 Å². The number of rotatable bonds is 2. The molecule has 0 radical (unpaired) electrons. The fraction of sp³-hybridized carbons (Fsp3) is 0.176. The maximum absolute atomic E-state index is 12.8. The van der Waals surface area contributed by atoms with E-state index >= 15 is 0 Å². The number of nitrogens with zero attached hydrogens (tertiary/aromatic N) is 1. The summed E-state index contributed by atoms with van der Waals surface area (Å²) in [6, 6.07) is 13.9. The van der Waals surface area contributed by atoms with Crippen LogP contribution in [-0.2, 0) is 17.8 Å². The number of carbonyl (C=O) groups is 2. The van der Waals surface area contributed by atoms with Gasteiger partial charge in [-0.2, -0.15) is 0 Å². The highest BCUT2D eigenvalue weighted by molar-refractivity contribution is 9.10. The molecule has 1 amide bonds. The first kappa shape index (κ1) is 14.8. The Balaban J connectivity index is 1.99. The van der Waals surface area contributed by atoms with Crippen molar-refractivity contribution in [2.45, 2.75) is 19.0 Å². The SMILES string of the molecule is O=C(O)C1Cc2ccccc2CN1C(=O)c1ccccc1Br. The lowest BCUT2D eigenvalue weighted by Gasteiger charge is -2.34. The molecule has 0 saturated heterocycles. The Labute approximate surface area is 136 Å². The molecule has 2 aromatic carbocycles. The summed E-state index contributed by atoms with van der Waals surface area (Å²) in [6.07, 6.45) is 0.335. The summed E-state index contributed by atoms with van der Waals surface area (Å²) < 4.78 is 0.669. The van der Waals surface area contributed by atoms with E-state index in [1.165, 1.54) is 4.90 Å². The molecular weight excluding hydrogens is 346 g/mol. The van der Waals surface area contributed by atoms with E-state index in [1.54, 1.807) is 18.2 Å². The lowest BCUT2D eigenvalue weighted by Crippen LogP contribution is -2.48. The van der Waals surface area contributed by atoms with Gasteiger partial charge in [0.25, 0.3) is 5.91 Å². The Kier molecular flexibility index (Phi) is 3.98. The molecule has 112 valence electrons. The molecule has 1 atom stereocenters. The van der Waals surface area contributed by atoms with E-state index in [-0.39, 0.29) is 5.91 Å². The summed E-state index contributed by atoms with van der Waals surface area (Å²) in [5.41, 5.74) is 2.47. The van der Waals surface area contributed by atoms with Gasteiger partial charge in [-0.25, -0.2) is 4.79 Å². The lowest BCUT2D eigenvalue weighted by atomic mass is 9.93. The van der Waals surface area contributed by atoms with Gasteiger partial charge < -0.3 is 10.0 Å². The quantitative estimate of drug-likeness (QED) is 0.896. The first-order chi connectivity index (χ1) is 10.6. The topological polar surface area (TPSA) is 57.6 Å². The van der Waals surface area contributed by atoms with Gasteiger partial charge in [0.05, 0.1) is 5.56 Å². The van der Waals surface area contributed by atoms with Crippen LogP contribution < -0.4 is 0 Å². The number of amides is 1. The number of carboxylic acid groups (broad SMARTS) is 1. The van der Waals surface area contributed by atoms with Crippen molar-refractivity contribution < 1.29 is 14.7 Å². The fourth-order valence-corrected chi connectivity index (χ4v) is 3.20. The molecule has 2 aromatic rings. The first-order valence-electron chi connectivity index (χ1n) is 6.93. The number of halogens is 1. The second-order valence-corrected chi connectivity index (χ2v) is 6.09. The molecule has 1 heterocycles. The zero-order valence-corrected chi connectivity index (χ0v) is 13.3. The Hall–Kier alpha value is -2.14. The van der Waals surface area contributed by atoms with E-state index < -0.39 is 12.0 Å². The zero-order chi connectivity index (χ0) is 15.7. The third-order valence-corrected chi connectivity index (χ3v) is 4.59. The van der Waals surface area contributed by atoms with E-state index in [0.717, 1.165) is 11.1 Å². The number of benzene rings is 2. The predicted molar refractivity (Wildman–Crippen MR) is 85.6 cm³/mol. The standard InChI is InChI=1S/C17H14BrNO3/c18-14-8-4-3-7-13(14)16(20)19-10-12-6-2-1-5-11(12)9-15(19)17(21)22/h1-8,15H,9-10H2,(H,21,22). The van der Waals surface area contributed by atoms with Crippen molar-refractivity contribution in [2.24, 2.45) is 0 Å². The van der Waals surface area contributed by atoms with Gasteiger partial charge in [0, 0.05) is 17.4 Å². The van der Waals surface area contributed by atoms with Gasteiger partial charge in [-0.3, -0.25) is 4.79 Å². The highest BCUT2D eigenvalue weighted by Crippen LogP contribution is 2.27. The van der Waals surface area contributed by atoms with Crippen molar-refractivity contribution in [3.63, 3.8) is 0 Å². The van der Waals surface area contributed by atoms with E-state index in [9.17, 15) is 14.7 Å². The Morgan fingerprint density at radius 3 is 2.36 bits per heavy atom. The molecule has 1 unspecified atom stereocenters. The molecule has 5 heteroatoms. The maximum Gasteiger partial charge on any atom is 0.326 e. The Morgan fingerprint density at radius 1 is 1.05 bits per heavy atom. The van der Waals surface area contributed by atoms with Crippen LogP contribution >= 0.6 is 15.9 Å². The molecule has 22 heavy (non-hydrogen) atoms. The number of carbonyl (C=O) groups excluding carboxylic acids is 1. The average Bonchev–Trinajstić information content (AvgIpc) is 2.53. The second-order valence-electron chi connectivity index (χ2n) is 5.24. The number of hydrogen-bond donors (Lipinski definition) is 1. The minimum atomic E-state index is -0.977. The summed E-state index contributed by atoms with van der Waals surface area (Å²) >= 11 is 3.36. The molecule has 3 rings (SSSR count). The van der Waals surface area contributed by atoms with Crippen LogP contribution in [0.3, 0.4) is 0 Å². The van der Waals surface area contributed by atoms with E-state index in [4.69, 9.17) is 0 Å². The molecule has 1 aliphatic heterocycles. The van der Waals surface area contributed by atoms with E-state index in [1.807, 2.05) is 30.3 Å². The minimum Gasteiger partial charge on any atom is -0.480 e. The molecule has 0 bridgehead atoms. The van der Waals surface area contributed by atoms with Gasteiger partial charge in [-0.1, -0.05) is 36.4 Å². The summed E-state index contributed by atoms with van der Waals surface area (Å²) in [7, 11) is 0. The van der Waals surface area contributed by atoms with Crippen LogP contribution in [0.25, 0.3) is 0 Å². The minimum absolute atomic E-state index is 0.269. The maximum atomic E-state index is 12.8. The van der Waals surface area contributed by atoms with Crippen molar-refractivity contribution in [1.82, 2.24) is 4.90 Å². The molecular formula is C17H14BrNO3. The summed E-state index contributed by atoms with van der Waals surface area (Å²) in [6.45, 7) is 0.313. The molecule has 1 N–H and O–H groups in total. The Morgan fingerprint density at radius 2 is 1.68 bits per heavy atom. The third kappa shape index (κ3) is 2.64. The summed E-state index contributed by atoms with van der Waals surface area (Å²) in [5, 5.41) is 9.49. The van der Waals surface area contributed by atoms with Crippen molar-refractivity contribution in [3.8, 4) is 0 Å². The molecule has 0 spiro atoms. The van der Waals surface area contributed by atoms with Crippen molar-refractivity contribution in [2.75, 3.05) is 0 Å². The van der Waals surface area contributed by atoms with Crippen molar-refractivity contribution in [3.05, 3.63) is 69.7 Å². The summed E-state index contributed by atoms with van der Waals surface area (Å²) in [5.74, 6) is -1.25. The Bertz CT molecular complexity index is 744. The molecule has 0 fully saturated rings. The highest BCUT2D eigenvalue weighted by Gasteiger charge is 2.35. The fourth-order valence-electron chi connectivity index (χ4n) is 2.75. The highest BCUT2D eigenvalue weighted by atomic mass is 79.9. The third-order valence-electron chi connectivity index (χ3n) is 3.90. The molecule has 0 aliphatic carbocycles. The van der Waals surface area contributed by atoms with Crippen LogP contribution in [0.5, 0.6) is 0 Å². The van der Waals surface area contributed by atoms with Gasteiger partial charge in [-0.05, 0) is 39.2 Å². The zero-order valence-electron chi connectivity index (χ0n) is 11.7. The van der Waals surface area contributed by atoms with Gasteiger partial charge >= 0.3 is 5.97 Å². The largest absolute Gasteiger partial charge is 0.480 e. The van der Waals surface area contributed by atoms with Gasteiger partial charge in [0.1, 0.15) is 6.04 Å². The van der Waals surface area contributed by atoms with Crippen LogP contribution in [0.15, 0.2) is 53.0 Å². The van der Waals surface area contributed by atoms with Crippen LogP contribution in [-0.4, -0.2) is 27.9 Å². The molecule has 0 saturated carbocycles. The van der Waals surface area contributed by atoms with Crippen LogP contribution in [0.2, 0.25) is 0 Å². The second kappa shape index (κ2) is 5.93. The van der Waals surface area contributed by atoms with Crippen molar-refractivity contribution in [1.29, 1.82) is 0 Å². The molecule has 4 nitrogen and oxygen atoms in total. The van der Waals surface area contributed by atoms with Crippen molar-refractivity contribution >= 4 is 27.8 Å². The van der Waals surface area contributed by atoms with Crippen LogP contribution in [0, 0.1) is 0 Å². The number of fused-ring (bicyclic) bond motifs is 1. The molecule has 0 aromatic heterocycles. The van der Waals surface area contributed by atoms with Crippen LogP contribution in [0.4, 0.5) is 0 Å². The van der Waals surface area contributed by atoms with Crippen LogP contribution in [0.1, 0.15) is 21.5 Å². The number of aliphatic carboxylic acids is 1. The molecule has 1 aliphatic rings. The van der Waals surface area contributed by atoms with Gasteiger partial charge in [0.2, 0.25) is 0 Å². The average molecular weight is 360 g/mol. The smallest absolute Gasteiger partial charge is 0.326 e. The normalized spacial score (nSPS) is 17.0. The lowest BCUT2D eigenvalue weighted by molar-refractivity contribution is -0.142. The monoisotopic (exact) mass is 359 g/mol. The number of carboxylic acids is 1. The number of hydrogen-bond acceptors (Lipinski definition) is 2.